The molecule has 132 valence electrons. The first kappa shape index (κ1) is 19.8. The molecule has 0 atom stereocenters. The molecule has 4 N–H and O–H groups in total. The Hall–Kier alpha value is -2.29. The van der Waals surface area contributed by atoms with Crippen molar-refractivity contribution in [3.05, 3.63) is 41.7 Å². The minimum atomic E-state index is -4.81. The largest absolute Gasteiger partial charge is 0.419 e. The molecular weight excluding hydrogens is 350 g/mol. The molecule has 0 fully saturated rings. The van der Waals surface area contributed by atoms with E-state index in [4.69, 9.17) is 11.5 Å². The van der Waals surface area contributed by atoms with Gasteiger partial charge in [-0.05, 0) is 24.6 Å². The second-order valence-electron chi connectivity index (χ2n) is 4.81. The van der Waals surface area contributed by atoms with Crippen molar-refractivity contribution in [3.63, 3.8) is 0 Å². The minimum Gasteiger partial charge on any atom is -0.369 e. The lowest BCUT2D eigenvalue weighted by Crippen LogP contribution is -2.40. The van der Waals surface area contributed by atoms with Gasteiger partial charge in [-0.25, -0.2) is 9.38 Å². The fourth-order valence-electron chi connectivity index (χ4n) is 1.99. The SMILES string of the molecule is Cl.NC(=Nc1ccc(F)c(C(F)(F)F)c1)N=C(N)N1CC=CCC1. The number of nitrogens with zero attached hydrogens (tertiary/aromatic N) is 3. The Kier molecular flexibility index (Phi) is 6.59. The number of hydrogen-bond acceptors (Lipinski definition) is 1. The lowest BCUT2D eigenvalue weighted by atomic mass is 10.2. The molecule has 0 aromatic heterocycles. The van der Waals surface area contributed by atoms with E-state index in [0.29, 0.717) is 25.2 Å². The summed E-state index contributed by atoms with van der Waals surface area (Å²) in [7, 11) is 0. The number of aliphatic imine (C=N–C) groups is 2. The van der Waals surface area contributed by atoms with Crippen molar-refractivity contribution in [1.82, 2.24) is 4.90 Å². The second kappa shape index (κ2) is 8.00. The van der Waals surface area contributed by atoms with Gasteiger partial charge in [-0.2, -0.15) is 18.2 Å². The third kappa shape index (κ3) is 5.12. The summed E-state index contributed by atoms with van der Waals surface area (Å²) >= 11 is 0. The third-order valence-electron chi connectivity index (χ3n) is 3.11. The standard InChI is InChI=1S/C14H15F4N5.ClH/c15-11-5-4-9(8-10(11)14(16,17)18)21-12(19)22-13(20)23-6-2-1-3-7-23;/h1-2,4-5,8H,3,6-7H2,(H4,19,20,21,22);1H. The number of nitrogens with two attached hydrogens (primary N) is 2. The highest BCUT2D eigenvalue weighted by molar-refractivity contribution is 5.94. The third-order valence-corrected chi connectivity index (χ3v) is 3.11. The minimum absolute atomic E-state index is 0. The molecule has 0 amide bonds. The zero-order valence-corrected chi connectivity index (χ0v) is 13.2. The Morgan fingerprint density at radius 2 is 1.88 bits per heavy atom. The lowest BCUT2D eigenvalue weighted by molar-refractivity contribution is -0.139. The normalized spacial score (nSPS) is 16.1. The molecule has 5 nitrogen and oxygen atoms in total. The van der Waals surface area contributed by atoms with Crippen molar-refractivity contribution in [2.45, 2.75) is 12.6 Å². The van der Waals surface area contributed by atoms with Crippen LogP contribution in [0.25, 0.3) is 0 Å². The van der Waals surface area contributed by atoms with Crippen LogP contribution in [0.5, 0.6) is 0 Å². The average molecular weight is 366 g/mol. The molecule has 0 aliphatic carbocycles. The van der Waals surface area contributed by atoms with Crippen LogP contribution >= 0.6 is 12.4 Å². The van der Waals surface area contributed by atoms with Gasteiger partial charge in [0.2, 0.25) is 5.96 Å². The van der Waals surface area contributed by atoms with Gasteiger partial charge < -0.3 is 16.4 Å². The summed E-state index contributed by atoms with van der Waals surface area (Å²) in [6.45, 7) is 1.23. The molecule has 24 heavy (non-hydrogen) atoms. The van der Waals surface area contributed by atoms with Gasteiger partial charge in [0, 0.05) is 13.1 Å². The van der Waals surface area contributed by atoms with Crippen molar-refractivity contribution in [3.8, 4) is 0 Å². The number of halogens is 5. The van der Waals surface area contributed by atoms with E-state index in [-0.39, 0.29) is 30.0 Å². The number of benzene rings is 1. The van der Waals surface area contributed by atoms with Crippen LogP contribution < -0.4 is 11.5 Å². The van der Waals surface area contributed by atoms with Crippen LogP contribution in [0, 0.1) is 5.82 Å². The summed E-state index contributed by atoms with van der Waals surface area (Å²) in [5, 5.41) is 0. The highest BCUT2D eigenvalue weighted by Gasteiger charge is 2.34. The van der Waals surface area contributed by atoms with Gasteiger partial charge >= 0.3 is 6.18 Å². The molecule has 0 bridgehead atoms. The van der Waals surface area contributed by atoms with Crippen LogP contribution in [0.2, 0.25) is 0 Å². The van der Waals surface area contributed by atoms with E-state index in [1.807, 2.05) is 12.2 Å². The van der Waals surface area contributed by atoms with Gasteiger partial charge in [0.05, 0.1) is 11.3 Å². The number of guanidine groups is 2. The van der Waals surface area contributed by atoms with E-state index < -0.39 is 17.6 Å². The molecule has 1 aliphatic heterocycles. The first-order valence-corrected chi connectivity index (χ1v) is 6.72. The number of rotatable bonds is 1. The van der Waals surface area contributed by atoms with Crippen LogP contribution in [-0.2, 0) is 6.18 Å². The molecule has 0 unspecified atom stereocenters. The van der Waals surface area contributed by atoms with E-state index >= 15 is 0 Å². The molecule has 1 aromatic carbocycles. The Labute approximate surface area is 142 Å². The second-order valence-corrected chi connectivity index (χ2v) is 4.81. The molecular formula is C14H16ClF4N5. The lowest BCUT2D eigenvalue weighted by Gasteiger charge is -2.23. The molecule has 10 heteroatoms. The van der Waals surface area contributed by atoms with Crippen molar-refractivity contribution < 1.29 is 17.6 Å². The summed E-state index contributed by atoms with van der Waals surface area (Å²) in [4.78, 5) is 9.32. The molecule has 0 saturated heterocycles. The number of hydrogen-bond donors (Lipinski definition) is 2. The van der Waals surface area contributed by atoms with Gasteiger partial charge in [-0.15, -0.1) is 12.4 Å². The van der Waals surface area contributed by atoms with E-state index in [2.05, 4.69) is 9.98 Å². The molecule has 0 radical (unpaired) electrons. The number of alkyl halides is 3. The monoisotopic (exact) mass is 365 g/mol. The molecule has 0 saturated carbocycles. The van der Waals surface area contributed by atoms with Gasteiger partial charge in [0.1, 0.15) is 5.82 Å². The van der Waals surface area contributed by atoms with Crippen LogP contribution in [-0.4, -0.2) is 29.9 Å². The van der Waals surface area contributed by atoms with E-state index in [1.165, 1.54) is 0 Å². The Morgan fingerprint density at radius 3 is 2.46 bits per heavy atom. The smallest absolute Gasteiger partial charge is 0.369 e. The maximum atomic E-state index is 13.2. The summed E-state index contributed by atoms with van der Waals surface area (Å²) in [6, 6.07) is 2.32. The van der Waals surface area contributed by atoms with Crippen molar-refractivity contribution in [1.29, 1.82) is 0 Å². The van der Waals surface area contributed by atoms with Gasteiger partial charge in [-0.3, -0.25) is 0 Å². The summed E-state index contributed by atoms with van der Waals surface area (Å²) < 4.78 is 51.1. The first-order valence-electron chi connectivity index (χ1n) is 6.72. The maximum Gasteiger partial charge on any atom is 0.419 e. The van der Waals surface area contributed by atoms with Crippen molar-refractivity contribution in [2.75, 3.05) is 13.1 Å². The zero-order chi connectivity index (χ0) is 17.0. The van der Waals surface area contributed by atoms with E-state index in [9.17, 15) is 17.6 Å². The predicted octanol–water partition coefficient (Wildman–Crippen LogP) is 2.79. The highest BCUT2D eigenvalue weighted by atomic mass is 35.5. The quantitative estimate of drug-likeness (QED) is 0.347. The van der Waals surface area contributed by atoms with Crippen molar-refractivity contribution in [2.24, 2.45) is 21.5 Å². The fraction of sp³-hybridized carbons (Fsp3) is 0.286. The first-order chi connectivity index (χ1) is 10.8. The Bertz CT molecular complexity index is 670. The van der Waals surface area contributed by atoms with Crippen LogP contribution in [0.4, 0.5) is 23.2 Å². The molecule has 0 spiro atoms. The zero-order valence-electron chi connectivity index (χ0n) is 12.4. The van der Waals surface area contributed by atoms with Gasteiger partial charge in [0.25, 0.3) is 0 Å². The Morgan fingerprint density at radius 1 is 1.17 bits per heavy atom. The highest BCUT2D eigenvalue weighted by Crippen LogP contribution is 2.33. The predicted molar refractivity (Wildman–Crippen MR) is 86.9 cm³/mol. The fourth-order valence-corrected chi connectivity index (χ4v) is 1.99. The molecule has 2 rings (SSSR count). The molecule has 1 aliphatic rings. The van der Waals surface area contributed by atoms with Gasteiger partial charge in [0.15, 0.2) is 5.96 Å². The van der Waals surface area contributed by atoms with Crippen LogP contribution in [0.15, 0.2) is 40.3 Å². The Balaban J connectivity index is 0.00000288. The average Bonchev–Trinajstić information content (AvgIpc) is 2.49. The van der Waals surface area contributed by atoms with E-state index in [1.54, 1.807) is 4.90 Å². The summed E-state index contributed by atoms with van der Waals surface area (Å²) in [5.74, 6) is -1.57. The topological polar surface area (TPSA) is 80.0 Å². The van der Waals surface area contributed by atoms with Gasteiger partial charge in [-0.1, -0.05) is 12.2 Å². The van der Waals surface area contributed by atoms with Crippen molar-refractivity contribution >= 4 is 30.0 Å². The summed E-state index contributed by atoms with van der Waals surface area (Å²) in [6.07, 6.45) is -0.0970. The molecule has 1 heterocycles. The molecule has 1 aromatic rings. The van der Waals surface area contributed by atoms with E-state index in [0.717, 1.165) is 12.5 Å². The summed E-state index contributed by atoms with van der Waals surface area (Å²) in [5.41, 5.74) is 9.77. The van der Waals surface area contributed by atoms with Crippen LogP contribution in [0.3, 0.4) is 0 Å². The van der Waals surface area contributed by atoms with Crippen LogP contribution in [0.1, 0.15) is 12.0 Å². The maximum absolute atomic E-state index is 13.2.